The predicted molar refractivity (Wildman–Crippen MR) is 96.2 cm³/mol. The minimum absolute atomic E-state index is 0.0492. The van der Waals surface area contributed by atoms with Crippen molar-refractivity contribution in [2.24, 2.45) is 7.05 Å². The number of hydrogen-bond donors (Lipinski definition) is 1. The summed E-state index contributed by atoms with van der Waals surface area (Å²) < 4.78 is 7.28. The number of ether oxygens (including phenoxy) is 1. The van der Waals surface area contributed by atoms with E-state index in [1.165, 1.54) is 6.07 Å². The van der Waals surface area contributed by atoms with E-state index < -0.39 is 11.6 Å². The fourth-order valence-corrected chi connectivity index (χ4v) is 2.43. The van der Waals surface area contributed by atoms with E-state index in [-0.39, 0.29) is 10.8 Å². The maximum Gasteiger partial charge on any atom is 0.361 e. The van der Waals surface area contributed by atoms with Gasteiger partial charge in [-0.2, -0.15) is 0 Å². The number of aryl methyl sites for hydroxylation is 1. The lowest BCUT2D eigenvalue weighted by atomic mass is 10.2. The summed E-state index contributed by atoms with van der Waals surface area (Å²) in [5.74, 6) is -0.0257. The fourth-order valence-electron chi connectivity index (χ4n) is 2.28. The number of nitrogens with zero attached hydrogens (tertiary/aromatic N) is 4. The highest BCUT2D eigenvalue weighted by atomic mass is 35.5. The summed E-state index contributed by atoms with van der Waals surface area (Å²) in [4.78, 5) is 16.9. The van der Waals surface area contributed by atoms with Crippen LogP contribution in [0.15, 0.2) is 30.5 Å². The lowest BCUT2D eigenvalue weighted by Gasteiger charge is -2.20. The number of fused-ring (bicyclic) bond motifs is 1. The van der Waals surface area contributed by atoms with Crippen LogP contribution >= 0.6 is 11.6 Å². The molecule has 0 unspecified atom stereocenters. The molecule has 0 saturated heterocycles. The smallest absolute Gasteiger partial charge is 0.361 e. The van der Waals surface area contributed by atoms with Gasteiger partial charge in [0.05, 0.1) is 5.69 Å². The van der Waals surface area contributed by atoms with E-state index in [0.29, 0.717) is 11.5 Å². The van der Waals surface area contributed by atoms with Crippen LogP contribution in [-0.2, 0) is 11.8 Å². The molecular weight excluding hydrogens is 342 g/mol. The van der Waals surface area contributed by atoms with Gasteiger partial charge in [0.1, 0.15) is 17.1 Å². The fraction of sp³-hybridized carbons (Fsp3) is 0.294. The van der Waals surface area contributed by atoms with Crippen molar-refractivity contribution >= 4 is 40.1 Å². The molecule has 0 saturated carbocycles. The van der Waals surface area contributed by atoms with Crippen LogP contribution in [0, 0.1) is 0 Å². The third kappa shape index (κ3) is 3.88. The molecule has 8 heteroatoms. The highest BCUT2D eigenvalue weighted by Crippen LogP contribution is 2.24. The molecule has 130 valence electrons. The molecule has 0 aliphatic heterocycles. The van der Waals surface area contributed by atoms with Gasteiger partial charge in [-0.1, -0.05) is 11.6 Å². The minimum atomic E-state index is -0.643. The first-order valence-corrected chi connectivity index (χ1v) is 8.06. The predicted octanol–water partition coefficient (Wildman–Crippen LogP) is 3.72. The Morgan fingerprint density at radius 2 is 2.00 bits per heavy atom. The van der Waals surface area contributed by atoms with Crippen LogP contribution in [0.25, 0.3) is 11.0 Å². The molecule has 0 aliphatic carbocycles. The first-order chi connectivity index (χ1) is 11.7. The van der Waals surface area contributed by atoms with Crippen LogP contribution in [0.3, 0.4) is 0 Å². The van der Waals surface area contributed by atoms with Crippen molar-refractivity contribution in [3.05, 3.63) is 41.3 Å². The molecule has 0 bridgehead atoms. The van der Waals surface area contributed by atoms with Gasteiger partial charge < -0.3 is 14.6 Å². The number of aromatic nitrogens is 4. The number of anilines is 2. The van der Waals surface area contributed by atoms with E-state index in [0.717, 1.165) is 11.0 Å². The molecule has 25 heavy (non-hydrogen) atoms. The highest BCUT2D eigenvalue weighted by Gasteiger charge is 2.23. The van der Waals surface area contributed by atoms with Crippen LogP contribution in [0.1, 0.15) is 31.3 Å². The number of esters is 1. The number of halogens is 1. The molecule has 0 spiro atoms. The Hall–Kier alpha value is -2.67. The third-order valence-electron chi connectivity index (χ3n) is 3.34. The highest BCUT2D eigenvalue weighted by molar-refractivity contribution is 6.29. The summed E-state index contributed by atoms with van der Waals surface area (Å²) in [6.07, 6.45) is 1.93. The van der Waals surface area contributed by atoms with Gasteiger partial charge in [0.15, 0.2) is 10.8 Å². The summed E-state index contributed by atoms with van der Waals surface area (Å²) in [6.45, 7) is 5.35. The first-order valence-electron chi connectivity index (χ1n) is 7.68. The minimum Gasteiger partial charge on any atom is -0.455 e. The van der Waals surface area contributed by atoms with Gasteiger partial charge in [0, 0.05) is 24.7 Å². The zero-order valence-corrected chi connectivity index (χ0v) is 15.1. The van der Waals surface area contributed by atoms with E-state index in [2.05, 4.69) is 20.5 Å². The molecular formula is C17H18ClN5O2. The van der Waals surface area contributed by atoms with Crippen molar-refractivity contribution < 1.29 is 9.53 Å². The molecule has 0 fully saturated rings. The van der Waals surface area contributed by atoms with E-state index in [1.54, 1.807) is 20.8 Å². The third-order valence-corrected chi connectivity index (χ3v) is 3.52. The molecule has 3 heterocycles. The van der Waals surface area contributed by atoms with Gasteiger partial charge in [0.2, 0.25) is 0 Å². The summed E-state index contributed by atoms with van der Waals surface area (Å²) in [5.41, 5.74) is 0.607. The SMILES string of the molecule is Cn1ccc2ccc(Nc3cc(Cl)nnc3C(=O)OC(C)(C)C)nc21. The lowest BCUT2D eigenvalue weighted by molar-refractivity contribution is 0.00629. The molecule has 0 aliphatic rings. The van der Waals surface area contributed by atoms with Gasteiger partial charge in [-0.05, 0) is 39.0 Å². The maximum absolute atomic E-state index is 12.4. The zero-order valence-electron chi connectivity index (χ0n) is 14.4. The van der Waals surface area contributed by atoms with E-state index in [4.69, 9.17) is 16.3 Å². The van der Waals surface area contributed by atoms with E-state index in [1.807, 2.05) is 36.0 Å². The van der Waals surface area contributed by atoms with Crippen LogP contribution in [0.4, 0.5) is 11.5 Å². The van der Waals surface area contributed by atoms with Gasteiger partial charge in [0.25, 0.3) is 0 Å². The number of carbonyl (C=O) groups is 1. The van der Waals surface area contributed by atoms with E-state index >= 15 is 0 Å². The average molecular weight is 360 g/mol. The molecule has 1 N–H and O–H groups in total. The quantitative estimate of drug-likeness (QED) is 0.718. The second kappa shape index (κ2) is 6.33. The number of hydrogen-bond acceptors (Lipinski definition) is 6. The molecule has 3 aromatic rings. The van der Waals surface area contributed by atoms with Crippen LogP contribution in [0.2, 0.25) is 5.15 Å². The van der Waals surface area contributed by atoms with Gasteiger partial charge in [-0.15, -0.1) is 10.2 Å². The topological polar surface area (TPSA) is 81.9 Å². The number of carbonyl (C=O) groups excluding carboxylic acids is 1. The van der Waals surface area contributed by atoms with Gasteiger partial charge in [-0.25, -0.2) is 9.78 Å². The molecule has 0 atom stereocenters. The Morgan fingerprint density at radius 1 is 1.24 bits per heavy atom. The summed E-state index contributed by atoms with van der Waals surface area (Å²) in [5, 5.41) is 11.9. The summed E-state index contributed by atoms with van der Waals surface area (Å²) >= 11 is 5.93. The largest absolute Gasteiger partial charge is 0.455 e. The van der Waals surface area contributed by atoms with Crippen molar-refractivity contribution in [3.8, 4) is 0 Å². The molecule has 0 aromatic carbocycles. The molecule has 3 aromatic heterocycles. The number of rotatable bonds is 3. The lowest BCUT2D eigenvalue weighted by Crippen LogP contribution is -2.25. The average Bonchev–Trinajstić information content (AvgIpc) is 2.87. The standard InChI is InChI=1S/C17H18ClN5O2/c1-17(2,3)25-16(24)14-11(9-12(18)21-22-14)19-13-6-5-10-7-8-23(4)15(10)20-13/h5-9H,1-4H3,(H,19,20,21). The Labute approximate surface area is 150 Å². The molecule has 0 amide bonds. The second-order valence-electron chi connectivity index (χ2n) is 6.59. The zero-order chi connectivity index (χ0) is 18.2. The van der Waals surface area contributed by atoms with Gasteiger partial charge in [-0.3, -0.25) is 0 Å². The molecule has 7 nitrogen and oxygen atoms in total. The van der Waals surface area contributed by atoms with Crippen LogP contribution in [-0.4, -0.2) is 31.3 Å². The first kappa shape index (κ1) is 17.2. The van der Waals surface area contributed by atoms with Crippen LogP contribution < -0.4 is 5.32 Å². The Morgan fingerprint density at radius 3 is 2.72 bits per heavy atom. The van der Waals surface area contributed by atoms with Crippen molar-refractivity contribution in [1.29, 1.82) is 0 Å². The molecule has 0 radical (unpaired) electrons. The van der Waals surface area contributed by atoms with Crippen LogP contribution in [0.5, 0.6) is 0 Å². The Bertz CT molecular complexity index is 946. The van der Waals surface area contributed by atoms with Crippen molar-refractivity contribution in [3.63, 3.8) is 0 Å². The van der Waals surface area contributed by atoms with Crippen molar-refractivity contribution in [2.45, 2.75) is 26.4 Å². The van der Waals surface area contributed by atoms with Crippen molar-refractivity contribution in [2.75, 3.05) is 5.32 Å². The Balaban J connectivity index is 1.96. The van der Waals surface area contributed by atoms with Crippen molar-refractivity contribution in [1.82, 2.24) is 19.7 Å². The monoisotopic (exact) mass is 359 g/mol. The maximum atomic E-state index is 12.4. The normalized spacial score (nSPS) is 11.6. The summed E-state index contributed by atoms with van der Waals surface area (Å²) in [6, 6.07) is 7.25. The Kier molecular flexibility index (Phi) is 4.34. The summed E-state index contributed by atoms with van der Waals surface area (Å²) in [7, 11) is 1.91. The number of pyridine rings is 1. The van der Waals surface area contributed by atoms with Gasteiger partial charge >= 0.3 is 5.97 Å². The second-order valence-corrected chi connectivity index (χ2v) is 6.98. The number of nitrogens with one attached hydrogen (secondary N) is 1. The van der Waals surface area contributed by atoms with E-state index in [9.17, 15) is 4.79 Å². The molecule has 3 rings (SSSR count).